The summed E-state index contributed by atoms with van der Waals surface area (Å²) in [5.74, 6) is -0.0638. The van der Waals surface area contributed by atoms with Gasteiger partial charge in [0.1, 0.15) is 0 Å². The summed E-state index contributed by atoms with van der Waals surface area (Å²) in [4.78, 5) is 19.0. The number of hydrogen-bond donors (Lipinski definition) is 1. The lowest BCUT2D eigenvalue weighted by Crippen LogP contribution is -2.38. The van der Waals surface area contributed by atoms with Crippen LogP contribution in [0.1, 0.15) is 40.0 Å². The standard InChI is InChI=1S/C12H24N2O2/c1-12(2,3)11(15)13-16-10-9-14-7-5-4-6-8-14/h4-10H2,1-3H3,(H,13,15). The van der Waals surface area contributed by atoms with Gasteiger partial charge in [-0.15, -0.1) is 0 Å². The van der Waals surface area contributed by atoms with Crippen LogP contribution in [0.2, 0.25) is 0 Å². The molecular formula is C12H24N2O2. The van der Waals surface area contributed by atoms with E-state index >= 15 is 0 Å². The van der Waals surface area contributed by atoms with Crippen molar-refractivity contribution in [2.45, 2.75) is 40.0 Å². The SMILES string of the molecule is CC(C)(C)C(=O)NOCCN1CCCCC1. The second-order valence-electron chi connectivity index (χ2n) is 5.43. The van der Waals surface area contributed by atoms with E-state index in [-0.39, 0.29) is 11.3 Å². The zero-order chi connectivity index (χ0) is 12.0. The molecule has 1 heterocycles. The van der Waals surface area contributed by atoms with Crippen molar-refractivity contribution in [2.24, 2.45) is 5.41 Å². The molecule has 0 unspecified atom stereocenters. The summed E-state index contributed by atoms with van der Waals surface area (Å²) in [6, 6.07) is 0. The maximum atomic E-state index is 11.5. The maximum absolute atomic E-state index is 11.5. The van der Waals surface area contributed by atoms with Crippen molar-refractivity contribution in [3.05, 3.63) is 0 Å². The molecule has 16 heavy (non-hydrogen) atoms. The Balaban J connectivity index is 2.05. The first-order valence-corrected chi connectivity index (χ1v) is 6.15. The van der Waals surface area contributed by atoms with Gasteiger partial charge in [-0.2, -0.15) is 0 Å². The van der Waals surface area contributed by atoms with E-state index in [0.29, 0.717) is 6.61 Å². The Morgan fingerprint density at radius 3 is 2.44 bits per heavy atom. The zero-order valence-electron chi connectivity index (χ0n) is 10.7. The number of hydrogen-bond acceptors (Lipinski definition) is 3. The van der Waals surface area contributed by atoms with E-state index in [0.717, 1.165) is 19.6 Å². The van der Waals surface area contributed by atoms with E-state index in [9.17, 15) is 4.79 Å². The molecule has 1 aliphatic rings. The molecule has 1 saturated heterocycles. The molecule has 4 heteroatoms. The van der Waals surface area contributed by atoms with Gasteiger partial charge in [0.05, 0.1) is 6.61 Å². The predicted molar refractivity (Wildman–Crippen MR) is 63.8 cm³/mol. The van der Waals surface area contributed by atoms with E-state index in [1.165, 1.54) is 19.3 Å². The molecule has 0 aromatic rings. The van der Waals surface area contributed by atoms with E-state index in [1.807, 2.05) is 20.8 Å². The van der Waals surface area contributed by atoms with Crippen LogP contribution in [0, 0.1) is 5.41 Å². The molecule has 1 amide bonds. The highest BCUT2D eigenvalue weighted by Gasteiger charge is 2.21. The van der Waals surface area contributed by atoms with E-state index in [4.69, 9.17) is 4.84 Å². The van der Waals surface area contributed by atoms with Crippen LogP contribution >= 0.6 is 0 Å². The van der Waals surface area contributed by atoms with Crippen LogP contribution in [0.15, 0.2) is 0 Å². The summed E-state index contributed by atoms with van der Waals surface area (Å²) in [5.41, 5.74) is 2.11. The number of carbonyl (C=O) groups is 1. The van der Waals surface area contributed by atoms with Crippen LogP contribution in [0.5, 0.6) is 0 Å². The van der Waals surface area contributed by atoms with E-state index in [2.05, 4.69) is 10.4 Å². The lowest BCUT2D eigenvalue weighted by molar-refractivity contribution is -0.142. The fourth-order valence-corrected chi connectivity index (χ4v) is 1.63. The summed E-state index contributed by atoms with van der Waals surface area (Å²) in [6.45, 7) is 9.42. The third-order valence-electron chi connectivity index (χ3n) is 2.80. The van der Waals surface area contributed by atoms with Crippen LogP contribution in [0.3, 0.4) is 0 Å². The van der Waals surface area contributed by atoms with Gasteiger partial charge in [0.15, 0.2) is 0 Å². The molecule has 4 nitrogen and oxygen atoms in total. The summed E-state index contributed by atoms with van der Waals surface area (Å²) < 4.78 is 0. The number of nitrogens with one attached hydrogen (secondary N) is 1. The van der Waals surface area contributed by atoms with Crippen LogP contribution < -0.4 is 5.48 Å². The van der Waals surface area contributed by atoms with Crippen LogP contribution in [0.25, 0.3) is 0 Å². The number of hydroxylamine groups is 1. The summed E-state index contributed by atoms with van der Waals surface area (Å²) in [6.07, 6.45) is 3.92. The number of likely N-dealkylation sites (tertiary alicyclic amines) is 1. The molecule has 1 aliphatic heterocycles. The number of amides is 1. The topological polar surface area (TPSA) is 41.6 Å². The number of rotatable bonds is 4. The van der Waals surface area contributed by atoms with Gasteiger partial charge in [-0.1, -0.05) is 27.2 Å². The Hall–Kier alpha value is -0.610. The smallest absolute Gasteiger partial charge is 0.248 e. The third kappa shape index (κ3) is 4.94. The first-order chi connectivity index (χ1) is 7.50. The first kappa shape index (κ1) is 13.5. The molecule has 0 atom stereocenters. The second kappa shape index (κ2) is 6.21. The molecule has 0 radical (unpaired) electrons. The maximum Gasteiger partial charge on any atom is 0.248 e. The molecule has 1 rings (SSSR count). The van der Waals surface area contributed by atoms with Crippen molar-refractivity contribution in [1.29, 1.82) is 0 Å². The molecule has 0 bridgehead atoms. The molecule has 0 aromatic carbocycles. The minimum atomic E-state index is -0.384. The lowest BCUT2D eigenvalue weighted by atomic mass is 9.96. The van der Waals surface area contributed by atoms with Crippen molar-refractivity contribution in [2.75, 3.05) is 26.2 Å². The number of carbonyl (C=O) groups excluding carboxylic acids is 1. The van der Waals surface area contributed by atoms with Gasteiger partial charge < -0.3 is 4.90 Å². The Labute approximate surface area is 98.3 Å². The zero-order valence-corrected chi connectivity index (χ0v) is 10.7. The Morgan fingerprint density at radius 1 is 1.25 bits per heavy atom. The van der Waals surface area contributed by atoms with Gasteiger partial charge in [0, 0.05) is 12.0 Å². The van der Waals surface area contributed by atoms with Gasteiger partial charge in [0.25, 0.3) is 0 Å². The van der Waals surface area contributed by atoms with Gasteiger partial charge in [-0.05, 0) is 25.9 Å². The molecule has 0 aromatic heterocycles. The van der Waals surface area contributed by atoms with Gasteiger partial charge in [0.2, 0.25) is 5.91 Å². The van der Waals surface area contributed by atoms with Crippen molar-refractivity contribution in [1.82, 2.24) is 10.4 Å². The highest BCUT2D eigenvalue weighted by molar-refractivity contribution is 5.80. The lowest BCUT2D eigenvalue weighted by Gasteiger charge is -2.26. The van der Waals surface area contributed by atoms with Crippen LogP contribution in [0.4, 0.5) is 0 Å². The minimum Gasteiger partial charge on any atom is -0.301 e. The number of piperidine rings is 1. The van der Waals surface area contributed by atoms with Crippen molar-refractivity contribution in [3.8, 4) is 0 Å². The average Bonchev–Trinajstić information content (AvgIpc) is 2.24. The molecule has 0 aliphatic carbocycles. The monoisotopic (exact) mass is 228 g/mol. The van der Waals surface area contributed by atoms with Crippen LogP contribution in [-0.2, 0) is 9.63 Å². The quantitative estimate of drug-likeness (QED) is 0.586. The van der Waals surface area contributed by atoms with Gasteiger partial charge >= 0.3 is 0 Å². The molecule has 1 fully saturated rings. The van der Waals surface area contributed by atoms with Crippen molar-refractivity contribution in [3.63, 3.8) is 0 Å². The molecule has 94 valence electrons. The van der Waals surface area contributed by atoms with Crippen LogP contribution in [-0.4, -0.2) is 37.0 Å². The third-order valence-corrected chi connectivity index (χ3v) is 2.80. The normalized spacial score (nSPS) is 18.4. The Bertz CT molecular complexity index is 218. The average molecular weight is 228 g/mol. The Kier molecular flexibility index (Phi) is 5.22. The largest absolute Gasteiger partial charge is 0.301 e. The summed E-state index contributed by atoms with van der Waals surface area (Å²) in [7, 11) is 0. The van der Waals surface area contributed by atoms with Crippen molar-refractivity contribution < 1.29 is 9.63 Å². The van der Waals surface area contributed by atoms with E-state index in [1.54, 1.807) is 0 Å². The Morgan fingerprint density at radius 2 is 1.88 bits per heavy atom. The van der Waals surface area contributed by atoms with Gasteiger partial charge in [-0.25, -0.2) is 5.48 Å². The predicted octanol–water partition coefficient (Wildman–Crippen LogP) is 1.57. The van der Waals surface area contributed by atoms with E-state index < -0.39 is 0 Å². The molecule has 0 spiro atoms. The second-order valence-corrected chi connectivity index (χ2v) is 5.43. The minimum absolute atomic E-state index is 0.0638. The fraction of sp³-hybridized carbons (Fsp3) is 0.917. The van der Waals surface area contributed by atoms with Gasteiger partial charge in [-0.3, -0.25) is 9.63 Å². The molecule has 1 N–H and O–H groups in total. The summed E-state index contributed by atoms with van der Waals surface area (Å²) >= 11 is 0. The highest BCUT2D eigenvalue weighted by atomic mass is 16.7. The first-order valence-electron chi connectivity index (χ1n) is 6.15. The fourth-order valence-electron chi connectivity index (χ4n) is 1.63. The molecule has 0 saturated carbocycles. The number of nitrogens with zero attached hydrogens (tertiary/aromatic N) is 1. The highest BCUT2D eigenvalue weighted by Crippen LogP contribution is 2.12. The molecular weight excluding hydrogens is 204 g/mol. The van der Waals surface area contributed by atoms with Crippen molar-refractivity contribution >= 4 is 5.91 Å². The summed E-state index contributed by atoms with van der Waals surface area (Å²) in [5, 5.41) is 0.